The van der Waals surface area contributed by atoms with Crippen LogP contribution in [0, 0.1) is 0 Å². The standard InChI is InChI=1S/C9H19NO5/c1-8(13)7-15-9(14)6-10(2-4-11)3-5-12/h8,11-13H,2-7H2,1H3. The summed E-state index contributed by atoms with van der Waals surface area (Å²) in [5.74, 6) is -0.474. The number of carbonyl (C=O) groups is 1. The highest BCUT2D eigenvalue weighted by molar-refractivity contribution is 5.71. The van der Waals surface area contributed by atoms with E-state index in [0.29, 0.717) is 13.1 Å². The van der Waals surface area contributed by atoms with E-state index in [9.17, 15) is 4.79 Å². The summed E-state index contributed by atoms with van der Waals surface area (Å²) in [7, 11) is 0. The van der Waals surface area contributed by atoms with Gasteiger partial charge in [-0.25, -0.2) is 0 Å². The molecule has 0 saturated carbocycles. The molecule has 0 saturated heterocycles. The molecule has 0 aromatic heterocycles. The van der Waals surface area contributed by atoms with E-state index in [1.54, 1.807) is 4.90 Å². The van der Waals surface area contributed by atoms with Gasteiger partial charge in [0.15, 0.2) is 0 Å². The van der Waals surface area contributed by atoms with Crippen molar-refractivity contribution < 1.29 is 24.9 Å². The second-order valence-corrected chi connectivity index (χ2v) is 3.26. The Morgan fingerprint density at radius 1 is 1.33 bits per heavy atom. The van der Waals surface area contributed by atoms with E-state index in [0.717, 1.165) is 0 Å². The first-order valence-electron chi connectivity index (χ1n) is 4.88. The smallest absolute Gasteiger partial charge is 0.320 e. The van der Waals surface area contributed by atoms with E-state index in [-0.39, 0.29) is 26.4 Å². The van der Waals surface area contributed by atoms with E-state index in [1.807, 2.05) is 0 Å². The summed E-state index contributed by atoms with van der Waals surface area (Å²) in [6.07, 6.45) is -0.682. The monoisotopic (exact) mass is 221 g/mol. The Labute approximate surface area is 89.1 Å². The van der Waals surface area contributed by atoms with Crippen molar-refractivity contribution in [3.63, 3.8) is 0 Å². The molecule has 90 valence electrons. The largest absolute Gasteiger partial charge is 0.462 e. The van der Waals surface area contributed by atoms with Crippen LogP contribution in [-0.2, 0) is 9.53 Å². The number of rotatable bonds is 8. The lowest BCUT2D eigenvalue weighted by Gasteiger charge is -2.19. The second-order valence-electron chi connectivity index (χ2n) is 3.26. The minimum atomic E-state index is -0.682. The van der Waals surface area contributed by atoms with Crippen molar-refractivity contribution in [3.8, 4) is 0 Å². The Hall–Kier alpha value is -0.690. The van der Waals surface area contributed by atoms with Gasteiger partial charge in [-0.2, -0.15) is 0 Å². The van der Waals surface area contributed by atoms with E-state index < -0.39 is 12.1 Å². The molecule has 6 nitrogen and oxygen atoms in total. The van der Waals surface area contributed by atoms with Crippen LogP contribution in [0.3, 0.4) is 0 Å². The third-order valence-electron chi connectivity index (χ3n) is 1.67. The van der Waals surface area contributed by atoms with Crippen LogP contribution >= 0.6 is 0 Å². The number of carbonyl (C=O) groups excluding carboxylic acids is 1. The van der Waals surface area contributed by atoms with Crippen LogP contribution in [0.2, 0.25) is 0 Å². The molecule has 0 aliphatic carbocycles. The summed E-state index contributed by atoms with van der Waals surface area (Å²) in [6.45, 7) is 1.95. The predicted octanol–water partition coefficient (Wildman–Crippen LogP) is -1.80. The SMILES string of the molecule is CC(O)COC(=O)CN(CCO)CCO. The molecule has 0 heterocycles. The quantitative estimate of drug-likeness (QED) is 0.419. The predicted molar refractivity (Wildman–Crippen MR) is 53.3 cm³/mol. The number of ether oxygens (including phenoxy) is 1. The first-order valence-corrected chi connectivity index (χ1v) is 4.88. The normalized spacial score (nSPS) is 12.9. The molecule has 1 unspecified atom stereocenters. The number of hydrogen-bond acceptors (Lipinski definition) is 6. The third kappa shape index (κ3) is 8.31. The maximum absolute atomic E-state index is 11.2. The van der Waals surface area contributed by atoms with Gasteiger partial charge in [-0.1, -0.05) is 0 Å². The van der Waals surface area contributed by atoms with Crippen molar-refractivity contribution >= 4 is 5.97 Å². The van der Waals surface area contributed by atoms with Gasteiger partial charge in [0.25, 0.3) is 0 Å². The van der Waals surface area contributed by atoms with Gasteiger partial charge in [-0.3, -0.25) is 9.69 Å². The minimum absolute atomic E-state index is 0.00778. The van der Waals surface area contributed by atoms with Gasteiger partial charge in [-0.05, 0) is 6.92 Å². The molecule has 0 aliphatic rings. The lowest BCUT2D eigenvalue weighted by atomic mass is 10.4. The van der Waals surface area contributed by atoms with Crippen molar-refractivity contribution in [3.05, 3.63) is 0 Å². The Morgan fingerprint density at radius 3 is 2.27 bits per heavy atom. The van der Waals surface area contributed by atoms with E-state index in [4.69, 9.17) is 20.1 Å². The zero-order chi connectivity index (χ0) is 11.7. The first kappa shape index (κ1) is 14.3. The maximum Gasteiger partial charge on any atom is 0.320 e. The van der Waals surface area contributed by atoms with E-state index >= 15 is 0 Å². The van der Waals surface area contributed by atoms with Gasteiger partial charge in [0.1, 0.15) is 6.61 Å². The molecule has 15 heavy (non-hydrogen) atoms. The van der Waals surface area contributed by atoms with Crippen molar-refractivity contribution in [2.24, 2.45) is 0 Å². The topological polar surface area (TPSA) is 90.2 Å². The number of hydrogen-bond donors (Lipinski definition) is 3. The molecule has 0 rings (SSSR count). The molecule has 1 atom stereocenters. The summed E-state index contributed by atoms with van der Waals surface area (Å²) in [5, 5.41) is 26.2. The van der Waals surface area contributed by atoms with Gasteiger partial charge in [0.2, 0.25) is 0 Å². The van der Waals surface area contributed by atoms with Crippen molar-refractivity contribution in [1.82, 2.24) is 4.90 Å². The molecule has 0 spiro atoms. The third-order valence-corrected chi connectivity index (χ3v) is 1.67. The van der Waals surface area contributed by atoms with Gasteiger partial charge < -0.3 is 20.1 Å². The highest BCUT2D eigenvalue weighted by atomic mass is 16.5. The molecular weight excluding hydrogens is 202 g/mol. The molecule has 6 heteroatoms. The zero-order valence-electron chi connectivity index (χ0n) is 8.93. The summed E-state index contributed by atoms with van der Waals surface area (Å²) < 4.78 is 4.73. The number of nitrogens with zero attached hydrogens (tertiary/aromatic N) is 1. The molecule has 0 aromatic rings. The van der Waals surface area contributed by atoms with Crippen molar-refractivity contribution in [1.29, 1.82) is 0 Å². The van der Waals surface area contributed by atoms with E-state index in [1.165, 1.54) is 6.92 Å². The number of aliphatic hydroxyl groups is 3. The van der Waals surface area contributed by atoms with Crippen LogP contribution in [0.5, 0.6) is 0 Å². The average Bonchev–Trinajstić information content (AvgIpc) is 2.15. The van der Waals surface area contributed by atoms with Gasteiger partial charge >= 0.3 is 5.97 Å². The average molecular weight is 221 g/mol. The number of aliphatic hydroxyl groups excluding tert-OH is 3. The van der Waals surface area contributed by atoms with Crippen molar-refractivity contribution in [2.75, 3.05) is 39.5 Å². The molecule has 0 aliphatic heterocycles. The molecule has 0 amide bonds. The molecular formula is C9H19NO5. The van der Waals surface area contributed by atoms with E-state index in [2.05, 4.69) is 0 Å². The maximum atomic E-state index is 11.2. The van der Waals surface area contributed by atoms with Crippen LogP contribution in [0.1, 0.15) is 6.92 Å². The molecule has 0 bridgehead atoms. The Bertz CT molecular complexity index is 168. The molecule has 0 aromatic carbocycles. The molecule has 0 fully saturated rings. The van der Waals surface area contributed by atoms with Crippen LogP contribution in [0.4, 0.5) is 0 Å². The highest BCUT2D eigenvalue weighted by Gasteiger charge is 2.11. The lowest BCUT2D eigenvalue weighted by Crippen LogP contribution is -2.36. The van der Waals surface area contributed by atoms with Crippen LogP contribution in [-0.4, -0.2) is 71.7 Å². The van der Waals surface area contributed by atoms with Gasteiger partial charge in [-0.15, -0.1) is 0 Å². The first-order chi connectivity index (χ1) is 7.10. The lowest BCUT2D eigenvalue weighted by molar-refractivity contribution is -0.147. The second kappa shape index (κ2) is 8.60. The molecule has 3 N–H and O–H groups in total. The minimum Gasteiger partial charge on any atom is -0.462 e. The van der Waals surface area contributed by atoms with Crippen molar-refractivity contribution in [2.45, 2.75) is 13.0 Å². The van der Waals surface area contributed by atoms with Gasteiger partial charge in [0.05, 0.1) is 25.9 Å². The van der Waals surface area contributed by atoms with Crippen LogP contribution in [0.25, 0.3) is 0 Å². The summed E-state index contributed by atoms with van der Waals surface area (Å²) >= 11 is 0. The Morgan fingerprint density at radius 2 is 1.87 bits per heavy atom. The Kier molecular flexibility index (Phi) is 8.21. The fourth-order valence-electron chi connectivity index (χ4n) is 0.995. The summed E-state index contributed by atoms with van der Waals surface area (Å²) in [5.41, 5.74) is 0. The Balaban J connectivity index is 3.77. The molecule has 0 radical (unpaired) electrons. The zero-order valence-corrected chi connectivity index (χ0v) is 8.93. The number of esters is 1. The van der Waals surface area contributed by atoms with Crippen LogP contribution in [0.15, 0.2) is 0 Å². The highest BCUT2D eigenvalue weighted by Crippen LogP contribution is 1.91. The van der Waals surface area contributed by atoms with Crippen LogP contribution < -0.4 is 0 Å². The van der Waals surface area contributed by atoms with Gasteiger partial charge in [0, 0.05) is 13.1 Å². The summed E-state index contributed by atoms with van der Waals surface area (Å²) in [4.78, 5) is 12.7. The fourth-order valence-corrected chi connectivity index (χ4v) is 0.995. The fraction of sp³-hybridized carbons (Fsp3) is 0.889. The summed E-state index contributed by atoms with van der Waals surface area (Å²) in [6, 6.07) is 0.